The molecule has 0 saturated heterocycles. The fourth-order valence-corrected chi connectivity index (χ4v) is 2.29. The largest absolute Gasteiger partial charge is 0.490 e. The first-order chi connectivity index (χ1) is 10.2. The van der Waals surface area contributed by atoms with E-state index in [1.807, 2.05) is 20.8 Å². The summed E-state index contributed by atoms with van der Waals surface area (Å²) in [5, 5.41) is 12.0. The van der Waals surface area contributed by atoms with Crippen molar-refractivity contribution < 1.29 is 9.84 Å². The maximum absolute atomic E-state index is 11.1. The van der Waals surface area contributed by atoms with Gasteiger partial charge in [-0.25, -0.2) is 9.97 Å². The van der Waals surface area contributed by atoms with Crippen molar-refractivity contribution in [1.29, 1.82) is 0 Å². The minimum Gasteiger partial charge on any atom is -0.490 e. The molecule has 1 unspecified atom stereocenters. The smallest absolute Gasteiger partial charge is 0.131 e. The van der Waals surface area contributed by atoms with E-state index in [0.717, 1.165) is 0 Å². The quantitative estimate of drug-likeness (QED) is 0.910. The molecule has 2 aromatic rings. The van der Waals surface area contributed by atoms with Crippen LogP contribution in [0.25, 0.3) is 0 Å². The standard InChI is InChI=1S/C16H18Cl2N2O2/c1-15(2,3)16(21,11-7-19-10-20-8-11)9-22-12-4-5-13(17)14(18)6-12/h4-8,10,21H,9H2,1-3H3. The number of ether oxygens (including phenoxy) is 1. The summed E-state index contributed by atoms with van der Waals surface area (Å²) < 4.78 is 5.74. The molecule has 118 valence electrons. The third-order valence-corrected chi connectivity index (χ3v) is 4.36. The summed E-state index contributed by atoms with van der Waals surface area (Å²) in [4.78, 5) is 7.96. The van der Waals surface area contributed by atoms with Crippen LogP contribution < -0.4 is 4.74 Å². The number of halogens is 2. The van der Waals surface area contributed by atoms with Gasteiger partial charge in [0.25, 0.3) is 0 Å². The first-order valence-corrected chi connectivity index (χ1v) is 7.55. The highest BCUT2D eigenvalue weighted by Crippen LogP contribution is 2.39. The Morgan fingerprint density at radius 1 is 1.09 bits per heavy atom. The van der Waals surface area contributed by atoms with Gasteiger partial charge in [0.2, 0.25) is 0 Å². The molecule has 22 heavy (non-hydrogen) atoms. The summed E-state index contributed by atoms with van der Waals surface area (Å²) in [5.41, 5.74) is -1.13. The van der Waals surface area contributed by atoms with Gasteiger partial charge in [0, 0.05) is 24.0 Å². The highest BCUT2D eigenvalue weighted by molar-refractivity contribution is 6.42. The summed E-state index contributed by atoms with van der Waals surface area (Å²) in [6.45, 7) is 5.83. The van der Waals surface area contributed by atoms with Crippen molar-refractivity contribution in [1.82, 2.24) is 9.97 Å². The average molecular weight is 341 g/mol. The third-order valence-electron chi connectivity index (χ3n) is 3.62. The van der Waals surface area contributed by atoms with Crippen molar-refractivity contribution in [3.63, 3.8) is 0 Å². The topological polar surface area (TPSA) is 55.2 Å². The van der Waals surface area contributed by atoms with E-state index >= 15 is 0 Å². The monoisotopic (exact) mass is 340 g/mol. The van der Waals surface area contributed by atoms with Crippen molar-refractivity contribution in [2.45, 2.75) is 26.4 Å². The predicted molar refractivity (Wildman–Crippen MR) is 87.3 cm³/mol. The van der Waals surface area contributed by atoms with Gasteiger partial charge in [-0.1, -0.05) is 44.0 Å². The molecule has 0 aliphatic rings. The van der Waals surface area contributed by atoms with E-state index in [1.165, 1.54) is 6.33 Å². The number of rotatable bonds is 4. The van der Waals surface area contributed by atoms with E-state index in [1.54, 1.807) is 30.6 Å². The highest BCUT2D eigenvalue weighted by Gasteiger charge is 2.43. The Hall–Kier alpha value is -1.36. The Morgan fingerprint density at radius 3 is 2.27 bits per heavy atom. The predicted octanol–water partition coefficient (Wildman–Crippen LogP) is 4.10. The van der Waals surface area contributed by atoms with Gasteiger partial charge in [-0.15, -0.1) is 0 Å². The first-order valence-electron chi connectivity index (χ1n) is 6.80. The Balaban J connectivity index is 2.26. The minimum absolute atomic E-state index is 0.0435. The molecule has 1 heterocycles. The number of hydrogen-bond acceptors (Lipinski definition) is 4. The molecule has 0 spiro atoms. The Morgan fingerprint density at radius 2 is 1.73 bits per heavy atom. The lowest BCUT2D eigenvalue weighted by atomic mass is 9.73. The maximum atomic E-state index is 11.1. The van der Waals surface area contributed by atoms with E-state index in [4.69, 9.17) is 27.9 Å². The molecule has 2 rings (SSSR count). The van der Waals surface area contributed by atoms with E-state index in [0.29, 0.717) is 21.4 Å². The van der Waals surface area contributed by atoms with Crippen molar-refractivity contribution in [2.24, 2.45) is 5.41 Å². The molecule has 0 aliphatic carbocycles. The van der Waals surface area contributed by atoms with Gasteiger partial charge in [0.05, 0.1) is 10.0 Å². The summed E-state index contributed by atoms with van der Waals surface area (Å²) >= 11 is 11.9. The molecule has 1 aromatic carbocycles. The van der Waals surface area contributed by atoms with Gasteiger partial charge in [-0.3, -0.25) is 0 Å². The lowest BCUT2D eigenvalue weighted by Crippen LogP contribution is -2.45. The molecule has 0 fully saturated rings. The SMILES string of the molecule is CC(C)(C)C(O)(COc1ccc(Cl)c(Cl)c1)c1cncnc1. The van der Waals surface area contributed by atoms with Crippen LogP contribution in [0.15, 0.2) is 36.9 Å². The summed E-state index contributed by atoms with van der Waals surface area (Å²) in [5.74, 6) is 0.536. The van der Waals surface area contributed by atoms with E-state index in [-0.39, 0.29) is 6.61 Å². The summed E-state index contributed by atoms with van der Waals surface area (Å²) in [6.07, 6.45) is 4.61. The summed E-state index contributed by atoms with van der Waals surface area (Å²) in [6, 6.07) is 4.98. The lowest BCUT2D eigenvalue weighted by Gasteiger charge is -2.39. The van der Waals surface area contributed by atoms with E-state index in [2.05, 4.69) is 9.97 Å². The van der Waals surface area contributed by atoms with Crippen LogP contribution in [-0.4, -0.2) is 21.7 Å². The number of hydrogen-bond donors (Lipinski definition) is 1. The van der Waals surface area contributed by atoms with Gasteiger partial charge >= 0.3 is 0 Å². The molecule has 0 aliphatic heterocycles. The van der Waals surface area contributed by atoms with Crippen LogP contribution in [0.4, 0.5) is 0 Å². The third kappa shape index (κ3) is 3.51. The number of nitrogens with zero attached hydrogens (tertiary/aromatic N) is 2. The first kappa shape index (κ1) is 17.0. The Labute approximate surface area is 140 Å². The van der Waals surface area contributed by atoms with Crippen LogP contribution in [0.5, 0.6) is 5.75 Å². The molecule has 1 atom stereocenters. The summed E-state index contributed by atoms with van der Waals surface area (Å²) in [7, 11) is 0. The van der Waals surface area contributed by atoms with E-state index < -0.39 is 11.0 Å². The van der Waals surface area contributed by atoms with Crippen LogP contribution in [0.3, 0.4) is 0 Å². The van der Waals surface area contributed by atoms with Crippen LogP contribution in [0.2, 0.25) is 10.0 Å². The second-order valence-corrected chi connectivity index (χ2v) is 6.92. The van der Waals surface area contributed by atoms with Gasteiger partial charge in [0.1, 0.15) is 24.3 Å². The number of aromatic nitrogens is 2. The molecular weight excluding hydrogens is 323 g/mol. The molecule has 0 bridgehead atoms. The van der Waals surface area contributed by atoms with Crippen LogP contribution >= 0.6 is 23.2 Å². The molecule has 0 radical (unpaired) electrons. The van der Waals surface area contributed by atoms with Crippen molar-refractivity contribution in [3.8, 4) is 5.75 Å². The Kier molecular flexibility index (Phi) is 4.95. The van der Waals surface area contributed by atoms with Gasteiger partial charge in [0.15, 0.2) is 0 Å². The lowest BCUT2D eigenvalue weighted by molar-refractivity contribution is -0.0949. The molecule has 1 aromatic heterocycles. The fourth-order valence-electron chi connectivity index (χ4n) is 2.00. The second kappa shape index (κ2) is 6.41. The molecule has 1 N–H and O–H groups in total. The van der Waals surface area contributed by atoms with Gasteiger partial charge in [-0.05, 0) is 17.5 Å². The fraction of sp³-hybridized carbons (Fsp3) is 0.375. The minimum atomic E-state index is -1.25. The number of aliphatic hydroxyl groups is 1. The van der Waals surface area contributed by atoms with Crippen LogP contribution in [-0.2, 0) is 5.60 Å². The normalized spacial score (nSPS) is 14.5. The van der Waals surface area contributed by atoms with Crippen LogP contribution in [0.1, 0.15) is 26.3 Å². The second-order valence-electron chi connectivity index (χ2n) is 6.10. The Bertz CT molecular complexity index is 644. The van der Waals surface area contributed by atoms with E-state index in [9.17, 15) is 5.11 Å². The zero-order valence-electron chi connectivity index (χ0n) is 12.7. The zero-order valence-corrected chi connectivity index (χ0v) is 14.2. The highest BCUT2D eigenvalue weighted by atomic mass is 35.5. The van der Waals surface area contributed by atoms with Gasteiger partial charge in [-0.2, -0.15) is 0 Å². The molecular formula is C16H18Cl2N2O2. The van der Waals surface area contributed by atoms with Gasteiger partial charge < -0.3 is 9.84 Å². The van der Waals surface area contributed by atoms with Crippen molar-refractivity contribution in [3.05, 3.63) is 52.5 Å². The van der Waals surface area contributed by atoms with Crippen LogP contribution in [0, 0.1) is 5.41 Å². The average Bonchev–Trinajstić information content (AvgIpc) is 2.48. The maximum Gasteiger partial charge on any atom is 0.131 e. The number of benzene rings is 1. The molecule has 6 heteroatoms. The molecule has 0 saturated carbocycles. The molecule has 4 nitrogen and oxygen atoms in total. The van der Waals surface area contributed by atoms with Crippen molar-refractivity contribution >= 4 is 23.2 Å². The zero-order chi connectivity index (χ0) is 16.4. The molecule has 0 amide bonds. The van der Waals surface area contributed by atoms with Crippen molar-refractivity contribution in [2.75, 3.05) is 6.61 Å².